The lowest BCUT2D eigenvalue weighted by Gasteiger charge is -2.07. The number of nitrogens with one attached hydrogen (secondary N) is 2. The van der Waals surface area contributed by atoms with Crippen molar-refractivity contribution in [2.45, 2.75) is 26.3 Å². The SMILES string of the molecule is CCc1nc(NCc2cccc3c2OCC3)n[nH]1. The number of fused-ring (bicyclic) bond motifs is 1. The molecule has 0 radical (unpaired) electrons. The highest BCUT2D eigenvalue weighted by Gasteiger charge is 2.15. The lowest BCUT2D eigenvalue weighted by atomic mass is 10.1. The van der Waals surface area contributed by atoms with Crippen LogP contribution in [0, 0.1) is 0 Å². The maximum Gasteiger partial charge on any atom is 0.242 e. The molecule has 0 saturated carbocycles. The fourth-order valence-electron chi connectivity index (χ4n) is 2.13. The number of ether oxygens (including phenoxy) is 1. The van der Waals surface area contributed by atoms with Gasteiger partial charge in [-0.3, -0.25) is 5.10 Å². The van der Waals surface area contributed by atoms with Crippen LogP contribution in [0.15, 0.2) is 18.2 Å². The van der Waals surface area contributed by atoms with Crippen molar-refractivity contribution in [2.75, 3.05) is 11.9 Å². The first kappa shape index (κ1) is 11.1. The molecule has 1 aliphatic heterocycles. The summed E-state index contributed by atoms with van der Waals surface area (Å²) in [4.78, 5) is 4.32. The number of hydrogen-bond acceptors (Lipinski definition) is 4. The number of aromatic nitrogens is 3. The Labute approximate surface area is 106 Å². The number of nitrogens with zero attached hydrogens (tertiary/aromatic N) is 2. The monoisotopic (exact) mass is 244 g/mol. The van der Waals surface area contributed by atoms with Gasteiger partial charge in [-0.1, -0.05) is 25.1 Å². The van der Waals surface area contributed by atoms with Crippen molar-refractivity contribution in [2.24, 2.45) is 0 Å². The molecule has 1 aromatic heterocycles. The summed E-state index contributed by atoms with van der Waals surface area (Å²) in [6.07, 6.45) is 1.86. The molecule has 5 heteroatoms. The number of rotatable bonds is 4. The van der Waals surface area contributed by atoms with Crippen LogP contribution in [0.3, 0.4) is 0 Å². The Morgan fingerprint density at radius 3 is 3.22 bits per heavy atom. The van der Waals surface area contributed by atoms with Crippen LogP contribution >= 0.6 is 0 Å². The molecule has 5 nitrogen and oxygen atoms in total. The van der Waals surface area contributed by atoms with Gasteiger partial charge in [0.25, 0.3) is 0 Å². The van der Waals surface area contributed by atoms with Crippen LogP contribution in [0.25, 0.3) is 0 Å². The molecule has 2 aromatic rings. The number of aromatic amines is 1. The molecule has 1 aliphatic rings. The second kappa shape index (κ2) is 4.68. The second-order valence-corrected chi connectivity index (χ2v) is 4.32. The quantitative estimate of drug-likeness (QED) is 0.862. The molecular formula is C13H16N4O. The Balaban J connectivity index is 1.72. The zero-order valence-electron chi connectivity index (χ0n) is 10.4. The minimum Gasteiger partial charge on any atom is -0.493 e. The number of anilines is 1. The Hall–Kier alpha value is -2.04. The molecule has 0 saturated heterocycles. The van der Waals surface area contributed by atoms with Gasteiger partial charge in [-0.2, -0.15) is 4.98 Å². The molecule has 94 valence electrons. The van der Waals surface area contributed by atoms with Gasteiger partial charge in [0.05, 0.1) is 6.61 Å². The van der Waals surface area contributed by atoms with Crippen molar-refractivity contribution < 1.29 is 4.74 Å². The molecule has 0 amide bonds. The average Bonchev–Trinajstić information content (AvgIpc) is 3.05. The van der Waals surface area contributed by atoms with Gasteiger partial charge in [-0.25, -0.2) is 0 Å². The summed E-state index contributed by atoms with van der Waals surface area (Å²) < 4.78 is 5.66. The van der Waals surface area contributed by atoms with Crippen LogP contribution in [-0.4, -0.2) is 21.8 Å². The van der Waals surface area contributed by atoms with Gasteiger partial charge < -0.3 is 10.1 Å². The Kier molecular flexibility index (Phi) is 2.88. The van der Waals surface area contributed by atoms with Crippen molar-refractivity contribution >= 4 is 5.95 Å². The van der Waals surface area contributed by atoms with Crippen LogP contribution in [0.4, 0.5) is 5.95 Å². The van der Waals surface area contributed by atoms with Crippen LogP contribution < -0.4 is 10.1 Å². The van der Waals surface area contributed by atoms with Gasteiger partial charge in [-0.05, 0) is 5.56 Å². The Bertz CT molecular complexity index is 550. The first-order valence-corrected chi connectivity index (χ1v) is 6.25. The summed E-state index contributed by atoms with van der Waals surface area (Å²) >= 11 is 0. The zero-order chi connectivity index (χ0) is 12.4. The molecule has 3 rings (SSSR count). The van der Waals surface area contributed by atoms with E-state index in [0.29, 0.717) is 12.5 Å². The number of para-hydroxylation sites is 1. The van der Waals surface area contributed by atoms with E-state index in [2.05, 4.69) is 38.7 Å². The van der Waals surface area contributed by atoms with Crippen LogP contribution in [-0.2, 0) is 19.4 Å². The third kappa shape index (κ3) is 2.03. The lowest BCUT2D eigenvalue weighted by molar-refractivity contribution is 0.354. The second-order valence-electron chi connectivity index (χ2n) is 4.32. The van der Waals surface area contributed by atoms with Crippen LogP contribution in [0.5, 0.6) is 5.75 Å². The fraction of sp³-hybridized carbons (Fsp3) is 0.385. The van der Waals surface area contributed by atoms with E-state index in [1.165, 1.54) is 5.56 Å². The Morgan fingerprint density at radius 2 is 2.39 bits per heavy atom. The highest BCUT2D eigenvalue weighted by molar-refractivity contribution is 5.45. The summed E-state index contributed by atoms with van der Waals surface area (Å²) in [6.45, 7) is 3.51. The van der Waals surface area contributed by atoms with Gasteiger partial charge in [0.1, 0.15) is 11.6 Å². The Morgan fingerprint density at radius 1 is 1.44 bits per heavy atom. The first-order chi connectivity index (χ1) is 8.86. The molecule has 0 atom stereocenters. The van der Waals surface area contributed by atoms with Crippen LogP contribution in [0.2, 0.25) is 0 Å². The van der Waals surface area contributed by atoms with Crippen molar-refractivity contribution in [1.82, 2.24) is 15.2 Å². The van der Waals surface area contributed by atoms with Gasteiger partial charge >= 0.3 is 0 Å². The first-order valence-electron chi connectivity index (χ1n) is 6.25. The van der Waals surface area contributed by atoms with E-state index in [9.17, 15) is 0 Å². The third-order valence-electron chi connectivity index (χ3n) is 3.10. The molecule has 0 aliphatic carbocycles. The van der Waals surface area contributed by atoms with Gasteiger partial charge in [0.2, 0.25) is 5.95 Å². The van der Waals surface area contributed by atoms with Crippen molar-refractivity contribution in [1.29, 1.82) is 0 Å². The van der Waals surface area contributed by atoms with E-state index in [-0.39, 0.29) is 0 Å². The predicted molar refractivity (Wildman–Crippen MR) is 68.7 cm³/mol. The molecule has 2 N–H and O–H groups in total. The number of H-pyrrole nitrogens is 1. The molecule has 18 heavy (non-hydrogen) atoms. The van der Waals surface area contributed by atoms with Crippen molar-refractivity contribution in [3.63, 3.8) is 0 Å². The molecule has 1 aromatic carbocycles. The van der Waals surface area contributed by atoms with E-state index in [1.807, 2.05) is 6.92 Å². The van der Waals surface area contributed by atoms with Gasteiger partial charge in [0, 0.05) is 24.9 Å². The lowest BCUT2D eigenvalue weighted by Crippen LogP contribution is -2.02. The van der Waals surface area contributed by atoms with E-state index in [0.717, 1.165) is 36.6 Å². The molecule has 0 bridgehead atoms. The van der Waals surface area contributed by atoms with E-state index >= 15 is 0 Å². The zero-order valence-corrected chi connectivity index (χ0v) is 10.4. The van der Waals surface area contributed by atoms with Crippen LogP contribution in [0.1, 0.15) is 23.9 Å². The van der Waals surface area contributed by atoms with E-state index in [4.69, 9.17) is 4.74 Å². The normalized spacial score (nSPS) is 13.2. The topological polar surface area (TPSA) is 62.8 Å². The van der Waals surface area contributed by atoms with Crippen molar-refractivity contribution in [3.05, 3.63) is 35.2 Å². The average molecular weight is 244 g/mol. The van der Waals surface area contributed by atoms with E-state index in [1.54, 1.807) is 0 Å². The smallest absolute Gasteiger partial charge is 0.242 e. The van der Waals surface area contributed by atoms with Gasteiger partial charge in [0.15, 0.2) is 0 Å². The minimum absolute atomic E-state index is 0.641. The minimum atomic E-state index is 0.641. The highest BCUT2D eigenvalue weighted by Crippen LogP contribution is 2.29. The summed E-state index contributed by atoms with van der Waals surface area (Å²) in [5, 5.41) is 10.2. The maximum atomic E-state index is 5.66. The van der Waals surface area contributed by atoms with Crippen molar-refractivity contribution in [3.8, 4) is 5.75 Å². The number of benzene rings is 1. The molecule has 2 heterocycles. The summed E-state index contributed by atoms with van der Waals surface area (Å²) in [6, 6.07) is 6.26. The maximum absolute atomic E-state index is 5.66. The highest BCUT2D eigenvalue weighted by atomic mass is 16.5. The standard InChI is InChI=1S/C13H16N4O/c1-2-11-15-13(17-16-11)14-8-10-5-3-4-9-6-7-18-12(9)10/h3-5H,2,6-8H2,1H3,(H2,14,15,16,17). The van der Waals surface area contributed by atoms with Gasteiger partial charge in [-0.15, -0.1) is 5.10 Å². The van der Waals surface area contributed by atoms with E-state index < -0.39 is 0 Å². The fourth-order valence-corrected chi connectivity index (χ4v) is 2.13. The summed E-state index contributed by atoms with van der Waals surface area (Å²) in [7, 11) is 0. The molecule has 0 unspecified atom stereocenters. The molecule has 0 spiro atoms. The largest absolute Gasteiger partial charge is 0.493 e. The molecule has 0 fully saturated rings. The predicted octanol–water partition coefficient (Wildman–Crippen LogP) is 1.91. The number of aryl methyl sites for hydroxylation is 1. The number of hydrogen-bond donors (Lipinski definition) is 2. The third-order valence-corrected chi connectivity index (χ3v) is 3.10. The summed E-state index contributed by atoms with van der Waals surface area (Å²) in [5.74, 6) is 2.56. The summed E-state index contributed by atoms with van der Waals surface area (Å²) in [5.41, 5.74) is 2.45. The molecular weight excluding hydrogens is 228 g/mol.